The fraction of sp³-hybridized carbons (Fsp3) is 0.471. The summed E-state index contributed by atoms with van der Waals surface area (Å²) in [5.74, 6) is -1.20. The van der Waals surface area contributed by atoms with Crippen LogP contribution in [-0.4, -0.2) is 35.5 Å². The van der Waals surface area contributed by atoms with Crippen LogP contribution in [0.3, 0.4) is 0 Å². The Morgan fingerprint density at radius 3 is 2.39 bits per heavy atom. The maximum Gasteiger partial charge on any atom is 0.326 e. The zero-order valence-electron chi connectivity index (χ0n) is 13.4. The molecule has 0 aromatic heterocycles. The smallest absolute Gasteiger partial charge is 0.326 e. The second kappa shape index (κ2) is 7.26. The van der Waals surface area contributed by atoms with Crippen molar-refractivity contribution in [2.45, 2.75) is 39.2 Å². The molecule has 0 spiro atoms. The Kier molecular flexibility index (Phi) is 5.36. The van der Waals surface area contributed by atoms with E-state index in [0.717, 1.165) is 12.1 Å². The van der Waals surface area contributed by atoms with Crippen molar-refractivity contribution >= 4 is 23.5 Å². The van der Waals surface area contributed by atoms with Gasteiger partial charge in [0, 0.05) is 24.2 Å². The Labute approximate surface area is 135 Å². The maximum atomic E-state index is 12.2. The Balaban J connectivity index is 2.04. The second-order valence-electron chi connectivity index (χ2n) is 6.19. The predicted octanol–water partition coefficient (Wildman–Crippen LogP) is 2.04. The number of carboxylic acid groups (broad SMARTS) is 1. The summed E-state index contributed by atoms with van der Waals surface area (Å²) >= 11 is 0. The van der Waals surface area contributed by atoms with E-state index in [1.807, 2.05) is 13.8 Å². The number of carboxylic acids is 1. The van der Waals surface area contributed by atoms with Gasteiger partial charge in [0.2, 0.25) is 5.91 Å². The number of aliphatic carboxylic acids is 1. The molecule has 6 nitrogen and oxygen atoms in total. The van der Waals surface area contributed by atoms with Crippen LogP contribution < -0.4 is 10.2 Å². The first-order valence-electron chi connectivity index (χ1n) is 7.82. The van der Waals surface area contributed by atoms with Crippen LogP contribution in [-0.2, 0) is 9.59 Å². The first kappa shape index (κ1) is 17.0. The first-order chi connectivity index (χ1) is 10.9. The lowest BCUT2D eigenvalue weighted by atomic mass is 10.0. The highest BCUT2D eigenvalue weighted by Gasteiger charge is 2.23. The molecule has 0 radical (unpaired) electrons. The molecule has 1 aromatic carbocycles. The van der Waals surface area contributed by atoms with Crippen LogP contribution in [0.4, 0.5) is 5.69 Å². The average molecular weight is 318 g/mol. The first-order valence-corrected chi connectivity index (χ1v) is 7.82. The van der Waals surface area contributed by atoms with Crippen LogP contribution in [0.5, 0.6) is 0 Å². The summed E-state index contributed by atoms with van der Waals surface area (Å²) in [4.78, 5) is 36.8. The van der Waals surface area contributed by atoms with Crippen molar-refractivity contribution in [2.75, 3.05) is 11.4 Å². The van der Waals surface area contributed by atoms with Gasteiger partial charge in [0.05, 0.1) is 0 Å². The molecule has 124 valence electrons. The van der Waals surface area contributed by atoms with Crippen molar-refractivity contribution in [3.63, 3.8) is 0 Å². The Hall–Kier alpha value is -2.37. The van der Waals surface area contributed by atoms with E-state index in [0.29, 0.717) is 24.9 Å². The number of nitrogens with one attached hydrogen (secondary N) is 1. The van der Waals surface area contributed by atoms with Gasteiger partial charge >= 0.3 is 5.97 Å². The fourth-order valence-corrected chi connectivity index (χ4v) is 2.65. The molecule has 1 aliphatic heterocycles. The monoisotopic (exact) mass is 318 g/mol. The summed E-state index contributed by atoms with van der Waals surface area (Å²) in [6.45, 7) is 4.51. The largest absolute Gasteiger partial charge is 0.480 e. The minimum absolute atomic E-state index is 0.0880. The van der Waals surface area contributed by atoms with Crippen LogP contribution in [0.25, 0.3) is 0 Å². The Bertz CT molecular complexity index is 595. The van der Waals surface area contributed by atoms with E-state index in [9.17, 15) is 19.5 Å². The molecular formula is C17H22N2O4. The van der Waals surface area contributed by atoms with E-state index in [4.69, 9.17) is 0 Å². The lowest BCUT2D eigenvalue weighted by molar-refractivity contribution is -0.139. The van der Waals surface area contributed by atoms with Gasteiger partial charge in [-0.2, -0.15) is 0 Å². The van der Waals surface area contributed by atoms with Crippen molar-refractivity contribution in [3.05, 3.63) is 29.8 Å². The fourth-order valence-electron chi connectivity index (χ4n) is 2.65. The number of benzene rings is 1. The molecule has 23 heavy (non-hydrogen) atoms. The highest BCUT2D eigenvalue weighted by atomic mass is 16.4. The van der Waals surface area contributed by atoms with E-state index in [-0.39, 0.29) is 11.8 Å². The van der Waals surface area contributed by atoms with Crippen molar-refractivity contribution in [1.29, 1.82) is 0 Å². The minimum Gasteiger partial charge on any atom is -0.480 e. The molecule has 2 N–H and O–H groups in total. The molecule has 2 amide bonds. The molecule has 6 heteroatoms. The lowest BCUT2D eigenvalue weighted by Crippen LogP contribution is -2.41. The molecule has 1 heterocycles. The van der Waals surface area contributed by atoms with Gasteiger partial charge in [-0.05, 0) is 43.0 Å². The quantitative estimate of drug-likeness (QED) is 0.840. The molecule has 2 rings (SSSR count). The molecule has 1 atom stereocenters. The Morgan fingerprint density at radius 2 is 1.91 bits per heavy atom. The van der Waals surface area contributed by atoms with E-state index in [1.165, 1.54) is 0 Å². The number of carbonyl (C=O) groups excluding carboxylic acids is 2. The van der Waals surface area contributed by atoms with Gasteiger partial charge in [-0.3, -0.25) is 9.59 Å². The molecule has 0 aliphatic carbocycles. The molecule has 1 aromatic rings. The number of hydrogen-bond donors (Lipinski definition) is 2. The number of carbonyl (C=O) groups is 3. The third-order valence-electron chi connectivity index (χ3n) is 3.83. The Morgan fingerprint density at radius 1 is 1.26 bits per heavy atom. The average Bonchev–Trinajstić information content (AvgIpc) is 2.92. The number of nitrogens with zero attached hydrogens (tertiary/aromatic N) is 1. The maximum absolute atomic E-state index is 12.2. The van der Waals surface area contributed by atoms with Gasteiger partial charge in [-0.1, -0.05) is 13.8 Å². The van der Waals surface area contributed by atoms with Gasteiger partial charge < -0.3 is 15.3 Å². The second-order valence-corrected chi connectivity index (χ2v) is 6.19. The van der Waals surface area contributed by atoms with Crippen LogP contribution in [0.2, 0.25) is 0 Å². The van der Waals surface area contributed by atoms with Crippen molar-refractivity contribution < 1.29 is 19.5 Å². The third kappa shape index (κ3) is 4.31. The van der Waals surface area contributed by atoms with Crippen LogP contribution >= 0.6 is 0 Å². The summed E-state index contributed by atoms with van der Waals surface area (Å²) in [7, 11) is 0. The summed E-state index contributed by atoms with van der Waals surface area (Å²) in [6.07, 6.45) is 1.77. The number of hydrogen-bond acceptors (Lipinski definition) is 3. The standard InChI is InChI=1S/C17H22N2O4/c1-11(2)10-14(17(22)23)18-16(21)12-5-7-13(8-6-12)19-9-3-4-15(19)20/h5-8,11,14H,3-4,9-10H2,1-2H3,(H,18,21)(H,22,23). The molecular weight excluding hydrogens is 296 g/mol. The summed E-state index contributed by atoms with van der Waals surface area (Å²) in [6, 6.07) is 5.77. The van der Waals surface area contributed by atoms with E-state index < -0.39 is 17.9 Å². The lowest BCUT2D eigenvalue weighted by Gasteiger charge is -2.18. The number of amides is 2. The van der Waals surface area contributed by atoms with E-state index >= 15 is 0 Å². The van der Waals surface area contributed by atoms with Gasteiger partial charge in [0.15, 0.2) is 0 Å². The van der Waals surface area contributed by atoms with Gasteiger partial charge in [0.25, 0.3) is 5.91 Å². The highest BCUT2D eigenvalue weighted by molar-refractivity contribution is 5.98. The van der Waals surface area contributed by atoms with Gasteiger partial charge in [-0.25, -0.2) is 4.79 Å². The van der Waals surface area contributed by atoms with Crippen LogP contribution in [0.15, 0.2) is 24.3 Å². The molecule has 1 saturated heterocycles. The topological polar surface area (TPSA) is 86.7 Å². The molecule has 0 bridgehead atoms. The number of anilines is 1. The van der Waals surface area contributed by atoms with Crippen molar-refractivity contribution in [1.82, 2.24) is 5.32 Å². The third-order valence-corrected chi connectivity index (χ3v) is 3.83. The van der Waals surface area contributed by atoms with Crippen molar-refractivity contribution in [2.24, 2.45) is 5.92 Å². The summed E-state index contributed by atoms with van der Waals surface area (Å²) in [5.41, 5.74) is 1.15. The molecule has 0 saturated carbocycles. The van der Waals surface area contributed by atoms with Crippen LogP contribution in [0.1, 0.15) is 43.5 Å². The van der Waals surface area contributed by atoms with Crippen LogP contribution in [0, 0.1) is 5.92 Å². The van der Waals surface area contributed by atoms with E-state index in [1.54, 1.807) is 29.2 Å². The van der Waals surface area contributed by atoms with E-state index in [2.05, 4.69) is 5.32 Å². The summed E-state index contributed by atoms with van der Waals surface area (Å²) in [5, 5.41) is 11.7. The SMILES string of the molecule is CC(C)CC(NC(=O)c1ccc(N2CCCC2=O)cc1)C(=O)O. The minimum atomic E-state index is -1.04. The van der Waals surface area contributed by atoms with Gasteiger partial charge in [-0.15, -0.1) is 0 Å². The highest BCUT2D eigenvalue weighted by Crippen LogP contribution is 2.21. The number of rotatable bonds is 6. The molecule has 1 fully saturated rings. The van der Waals surface area contributed by atoms with Crippen molar-refractivity contribution in [3.8, 4) is 0 Å². The summed E-state index contributed by atoms with van der Waals surface area (Å²) < 4.78 is 0. The predicted molar refractivity (Wildman–Crippen MR) is 86.4 cm³/mol. The molecule has 1 aliphatic rings. The zero-order valence-corrected chi connectivity index (χ0v) is 13.4. The normalized spacial score (nSPS) is 15.8. The molecule has 1 unspecified atom stereocenters. The van der Waals surface area contributed by atoms with Gasteiger partial charge in [0.1, 0.15) is 6.04 Å². The zero-order chi connectivity index (χ0) is 17.0.